The smallest absolute Gasteiger partial charge is 0.462 e. The third kappa shape index (κ3) is 50.1. The summed E-state index contributed by atoms with van der Waals surface area (Å²) in [6, 6.07) is 0. The van der Waals surface area contributed by atoms with Crippen molar-refractivity contribution in [1.82, 2.24) is 0 Å². The first-order valence-corrected chi connectivity index (χ1v) is 27.9. The Morgan fingerprint density at radius 2 is 0.708 bits per heavy atom. The van der Waals surface area contributed by atoms with Gasteiger partial charge in [-0.05, 0) is 122 Å². The Kier molecular flexibility index (Phi) is 48.9. The van der Waals surface area contributed by atoms with Gasteiger partial charge in [-0.15, -0.1) is 0 Å². The van der Waals surface area contributed by atoms with E-state index in [2.05, 4.69) is 154 Å². The monoisotopic (exact) mass is 1020 g/mol. The molecule has 0 aromatic rings. The number of rotatable bonds is 46. The van der Waals surface area contributed by atoms with Crippen molar-refractivity contribution in [2.75, 3.05) is 26.4 Å². The average Bonchev–Trinajstić information content (AvgIpc) is 3.37. The highest BCUT2D eigenvalue weighted by Crippen LogP contribution is 2.43. The first kappa shape index (κ1) is 67.1. The summed E-state index contributed by atoms with van der Waals surface area (Å²) in [5.41, 5.74) is 0. The number of hydrogen-bond donors (Lipinski definition) is 2. The molecule has 0 saturated carbocycles. The molecule has 0 bridgehead atoms. The maximum atomic E-state index is 12.9. The van der Waals surface area contributed by atoms with Gasteiger partial charge in [-0.1, -0.05) is 179 Å². The summed E-state index contributed by atoms with van der Waals surface area (Å²) < 4.78 is 39.2. The molecule has 0 rings (SSSR count). The number of carbonyl (C=O) groups is 3. The summed E-state index contributed by atoms with van der Waals surface area (Å²) in [6.07, 6.45) is 68.1. The molecule has 0 aliphatic carbocycles. The predicted molar refractivity (Wildman–Crippen MR) is 297 cm³/mol. The van der Waals surface area contributed by atoms with E-state index >= 15 is 0 Å². The lowest BCUT2D eigenvalue weighted by molar-refractivity contribution is -0.161. The Morgan fingerprint density at radius 3 is 1.10 bits per heavy atom. The van der Waals surface area contributed by atoms with E-state index in [1.54, 1.807) is 0 Å². The summed E-state index contributed by atoms with van der Waals surface area (Å²) in [5.74, 6) is -1.71. The number of ether oxygens (including phenoxy) is 3. The van der Waals surface area contributed by atoms with Crippen LogP contribution in [0.15, 0.2) is 158 Å². The molecule has 12 heteroatoms. The van der Waals surface area contributed by atoms with E-state index in [1.807, 2.05) is 24.3 Å². The van der Waals surface area contributed by atoms with Crippen molar-refractivity contribution in [3.63, 3.8) is 0 Å². The molecule has 0 aromatic heterocycles. The van der Waals surface area contributed by atoms with Crippen LogP contribution >= 0.6 is 7.82 Å². The fourth-order valence-corrected chi connectivity index (χ4v) is 6.82. The Labute approximate surface area is 434 Å². The largest absolute Gasteiger partial charge is 0.472 e. The summed E-state index contributed by atoms with van der Waals surface area (Å²) >= 11 is 0. The molecule has 0 radical (unpaired) electrons. The number of unbranched alkanes of at least 4 members (excludes halogenated alkanes) is 3. The van der Waals surface area contributed by atoms with E-state index in [0.717, 1.165) is 96.3 Å². The lowest BCUT2D eigenvalue weighted by atomic mass is 10.2. The Morgan fingerprint density at radius 1 is 0.389 bits per heavy atom. The first-order chi connectivity index (χ1) is 35.2. The van der Waals surface area contributed by atoms with Gasteiger partial charge in [0.2, 0.25) is 0 Å². The molecule has 0 aliphatic heterocycles. The molecule has 2 N–H and O–H groups in total. The SMILES string of the molecule is CC/C=C\C/C=C\C/C=C\C/C=C\C/C=C\CCCC(=O)OC(COC(=O)CC/C=C\C/C=C\C/C=C\C/C=C\CC)COP(=O)(O)OCC(CO)OC(=O)CCCC/C=C\C/C=C\C/C=C\C/C=C\CC. The quantitative estimate of drug-likeness (QED) is 0.0197. The summed E-state index contributed by atoms with van der Waals surface area (Å²) in [4.78, 5) is 48.3. The van der Waals surface area contributed by atoms with Crippen LogP contribution in [-0.2, 0) is 42.2 Å². The minimum atomic E-state index is -4.80. The summed E-state index contributed by atoms with van der Waals surface area (Å²) in [7, 11) is -4.80. The van der Waals surface area contributed by atoms with Gasteiger partial charge in [0.05, 0.1) is 19.8 Å². The van der Waals surface area contributed by atoms with E-state index in [4.69, 9.17) is 23.3 Å². The van der Waals surface area contributed by atoms with Crippen molar-refractivity contribution in [3.05, 3.63) is 158 Å². The molecular formula is C60H91O11P. The van der Waals surface area contributed by atoms with E-state index in [0.29, 0.717) is 25.7 Å². The Hall–Kier alpha value is -4.90. The van der Waals surface area contributed by atoms with Gasteiger partial charge >= 0.3 is 25.7 Å². The molecule has 0 fully saturated rings. The van der Waals surface area contributed by atoms with E-state index in [-0.39, 0.29) is 19.3 Å². The average molecular weight is 1020 g/mol. The lowest BCUT2D eigenvalue weighted by Crippen LogP contribution is -2.30. The zero-order chi connectivity index (χ0) is 52.7. The molecule has 3 atom stereocenters. The minimum Gasteiger partial charge on any atom is -0.462 e. The van der Waals surface area contributed by atoms with Gasteiger partial charge in [-0.25, -0.2) is 4.57 Å². The highest BCUT2D eigenvalue weighted by molar-refractivity contribution is 7.47. The second-order valence-corrected chi connectivity index (χ2v) is 18.0. The van der Waals surface area contributed by atoms with Crippen LogP contribution in [0, 0.1) is 0 Å². The fourth-order valence-electron chi connectivity index (χ4n) is 6.04. The molecule has 402 valence electrons. The molecule has 0 saturated heterocycles. The van der Waals surface area contributed by atoms with Crippen LogP contribution in [0.3, 0.4) is 0 Å². The van der Waals surface area contributed by atoms with Crippen molar-refractivity contribution < 1.29 is 52.2 Å². The van der Waals surface area contributed by atoms with Gasteiger partial charge < -0.3 is 24.2 Å². The molecule has 11 nitrogen and oxygen atoms in total. The standard InChI is InChI=1S/C60H91O11P/c1-4-7-10-13-16-19-22-25-27-28-30-33-36-39-42-45-48-51-60(64)71-57(53-67-58(62)49-46-43-40-37-34-31-24-21-18-15-12-9-6-3)55-69-72(65,66)68-54-56(52-61)70-59(63)50-47-44-41-38-35-32-29-26-23-20-17-14-11-8-5-2/h7-12,16-21,25-27,29-31,33-35,38-40,42-43,56-57,61H,4-6,13-15,22-24,28,32,36-37,41,44-55H2,1-3H3,(H,65,66)/b10-7-,11-8-,12-9-,19-16-,20-17-,21-18-,27-25-,29-26-,33-30-,34-31-,38-35-,42-39-,43-40-. The van der Waals surface area contributed by atoms with Crippen molar-refractivity contribution in [2.45, 2.75) is 174 Å². The van der Waals surface area contributed by atoms with Gasteiger partial charge in [0.25, 0.3) is 0 Å². The predicted octanol–water partition coefficient (Wildman–Crippen LogP) is 15.4. The van der Waals surface area contributed by atoms with Crippen molar-refractivity contribution in [1.29, 1.82) is 0 Å². The zero-order valence-corrected chi connectivity index (χ0v) is 45.0. The maximum Gasteiger partial charge on any atom is 0.472 e. The Balaban J connectivity index is 4.97. The van der Waals surface area contributed by atoms with Crippen LogP contribution < -0.4 is 0 Å². The van der Waals surface area contributed by atoms with Gasteiger partial charge in [-0.3, -0.25) is 23.4 Å². The number of hydrogen-bond acceptors (Lipinski definition) is 10. The normalized spacial score (nSPS) is 14.7. The number of esters is 3. The van der Waals surface area contributed by atoms with E-state index in [9.17, 15) is 28.9 Å². The van der Waals surface area contributed by atoms with Crippen LogP contribution in [0.5, 0.6) is 0 Å². The van der Waals surface area contributed by atoms with E-state index in [1.165, 1.54) is 0 Å². The molecule has 0 amide bonds. The molecule has 3 unspecified atom stereocenters. The fraction of sp³-hybridized carbons (Fsp3) is 0.517. The van der Waals surface area contributed by atoms with Crippen molar-refractivity contribution in [2.24, 2.45) is 0 Å². The highest BCUT2D eigenvalue weighted by atomic mass is 31.2. The third-order valence-electron chi connectivity index (χ3n) is 9.94. The number of allylic oxidation sites excluding steroid dienone is 26. The summed E-state index contributed by atoms with van der Waals surface area (Å²) in [5, 5.41) is 9.78. The third-order valence-corrected chi connectivity index (χ3v) is 10.9. The van der Waals surface area contributed by atoms with Gasteiger partial charge in [-0.2, -0.15) is 0 Å². The molecule has 0 spiro atoms. The van der Waals surface area contributed by atoms with Gasteiger partial charge in [0, 0.05) is 19.3 Å². The number of aliphatic hydroxyl groups excluding tert-OH is 1. The molecule has 0 aromatic carbocycles. The number of phosphoric acid groups is 1. The topological polar surface area (TPSA) is 155 Å². The maximum absolute atomic E-state index is 12.9. The molecule has 0 heterocycles. The molecular weight excluding hydrogens is 928 g/mol. The number of phosphoric ester groups is 1. The summed E-state index contributed by atoms with van der Waals surface area (Å²) in [6.45, 7) is 4.05. The highest BCUT2D eigenvalue weighted by Gasteiger charge is 2.28. The minimum absolute atomic E-state index is 0.0614. The zero-order valence-electron chi connectivity index (χ0n) is 44.1. The second-order valence-electron chi connectivity index (χ2n) is 16.5. The van der Waals surface area contributed by atoms with Crippen LogP contribution in [0.25, 0.3) is 0 Å². The molecule has 72 heavy (non-hydrogen) atoms. The molecule has 0 aliphatic rings. The second kappa shape index (κ2) is 52.4. The lowest BCUT2D eigenvalue weighted by Gasteiger charge is -2.21. The van der Waals surface area contributed by atoms with Crippen LogP contribution in [0.1, 0.15) is 162 Å². The van der Waals surface area contributed by atoms with Crippen molar-refractivity contribution >= 4 is 25.7 Å². The van der Waals surface area contributed by atoms with Crippen molar-refractivity contribution in [3.8, 4) is 0 Å². The van der Waals surface area contributed by atoms with Gasteiger partial charge in [0.15, 0.2) is 6.10 Å². The van der Waals surface area contributed by atoms with Crippen LogP contribution in [-0.4, -0.2) is 66.5 Å². The van der Waals surface area contributed by atoms with Gasteiger partial charge in [0.1, 0.15) is 12.7 Å². The first-order valence-electron chi connectivity index (χ1n) is 26.4. The Bertz CT molecular complexity index is 1810. The van der Waals surface area contributed by atoms with Crippen LogP contribution in [0.4, 0.5) is 0 Å². The van der Waals surface area contributed by atoms with E-state index < -0.39 is 64.4 Å². The number of aliphatic hydroxyl groups is 1. The number of carbonyl (C=O) groups excluding carboxylic acids is 3. The van der Waals surface area contributed by atoms with Crippen LogP contribution in [0.2, 0.25) is 0 Å².